The van der Waals surface area contributed by atoms with Crippen LogP contribution >= 0.6 is 0 Å². The number of para-hydroxylation sites is 1. The lowest BCUT2D eigenvalue weighted by molar-refractivity contribution is 0.220. The summed E-state index contributed by atoms with van der Waals surface area (Å²) in [5.74, 6) is 1.73. The zero-order valence-corrected chi connectivity index (χ0v) is 18.4. The summed E-state index contributed by atoms with van der Waals surface area (Å²) in [6.45, 7) is 16.2. The molecule has 0 bridgehead atoms. The highest BCUT2D eigenvalue weighted by Crippen LogP contribution is 2.24. The maximum atomic E-state index is 9.36. The predicted molar refractivity (Wildman–Crippen MR) is 127 cm³/mol. The Morgan fingerprint density at radius 2 is 2.00 bits per heavy atom. The van der Waals surface area contributed by atoms with Gasteiger partial charge in [0.05, 0.1) is 29.3 Å². The van der Waals surface area contributed by atoms with E-state index in [1.165, 1.54) is 0 Å². The van der Waals surface area contributed by atoms with E-state index in [1.54, 1.807) is 18.3 Å². The van der Waals surface area contributed by atoms with Crippen molar-refractivity contribution in [3.8, 4) is 6.19 Å². The molecule has 3 rings (SSSR count). The van der Waals surface area contributed by atoms with Gasteiger partial charge in [-0.15, -0.1) is 0 Å². The lowest BCUT2D eigenvalue weighted by Crippen LogP contribution is -2.59. The van der Waals surface area contributed by atoms with Gasteiger partial charge in [-0.2, -0.15) is 5.26 Å². The van der Waals surface area contributed by atoms with E-state index in [2.05, 4.69) is 53.3 Å². The number of anilines is 1. The zero-order chi connectivity index (χ0) is 22.4. The van der Waals surface area contributed by atoms with Crippen LogP contribution in [0.5, 0.6) is 0 Å². The Morgan fingerprint density at radius 1 is 1.26 bits per heavy atom. The summed E-state index contributed by atoms with van der Waals surface area (Å²) in [5, 5.41) is 12.2. The third-order valence-electron chi connectivity index (χ3n) is 5.50. The number of nitriles is 1. The Bertz CT molecular complexity index is 1020. The van der Waals surface area contributed by atoms with Crippen LogP contribution in [0.25, 0.3) is 12.2 Å². The average molecular weight is 416 g/mol. The van der Waals surface area contributed by atoms with Crippen molar-refractivity contribution in [1.82, 2.24) is 20.2 Å². The normalized spacial score (nSPS) is 16.7. The molecule has 1 atom stereocenters. The van der Waals surface area contributed by atoms with Crippen molar-refractivity contribution >= 4 is 29.6 Å². The molecule has 1 fully saturated rings. The highest BCUT2D eigenvalue weighted by Gasteiger charge is 2.32. The lowest BCUT2D eigenvalue weighted by Gasteiger charge is -2.44. The van der Waals surface area contributed by atoms with Gasteiger partial charge in [0.1, 0.15) is 5.82 Å². The molecular weight excluding hydrogens is 386 g/mol. The molecule has 0 aliphatic carbocycles. The summed E-state index contributed by atoms with van der Waals surface area (Å²) in [6, 6.07) is 8.06. The molecule has 1 aliphatic heterocycles. The Hall–Kier alpha value is -3.66. The molecule has 7 heteroatoms. The Kier molecular flexibility index (Phi) is 7.03. The van der Waals surface area contributed by atoms with Crippen LogP contribution in [-0.2, 0) is 0 Å². The van der Waals surface area contributed by atoms with Gasteiger partial charge in [0, 0.05) is 19.6 Å². The standard InChI is InChI=1S/C24H29N7/c1-6-19-20(7-2)28-23(14-26-19)30-12-13-31(22(15-30)17(3)4)24(27-16-25)29-21-11-9-8-10-18(21)5/h6-11,14,17,22H,1-2,12-13,15H2,3-5H3,(H,27,29). The van der Waals surface area contributed by atoms with E-state index < -0.39 is 0 Å². The minimum atomic E-state index is 0.144. The molecule has 160 valence electrons. The average Bonchev–Trinajstić information content (AvgIpc) is 2.79. The van der Waals surface area contributed by atoms with Gasteiger partial charge < -0.3 is 9.80 Å². The highest BCUT2D eigenvalue weighted by molar-refractivity contribution is 5.85. The molecule has 1 aliphatic rings. The number of benzene rings is 1. The summed E-state index contributed by atoms with van der Waals surface area (Å²) in [4.78, 5) is 18.4. The third kappa shape index (κ3) is 4.92. The van der Waals surface area contributed by atoms with Gasteiger partial charge in [0.25, 0.3) is 0 Å². The second kappa shape index (κ2) is 9.90. The second-order valence-electron chi connectivity index (χ2n) is 7.82. The zero-order valence-electron chi connectivity index (χ0n) is 18.4. The summed E-state index contributed by atoms with van der Waals surface area (Å²) in [7, 11) is 0. The van der Waals surface area contributed by atoms with Crippen LogP contribution in [0.4, 0.5) is 11.5 Å². The smallest absolute Gasteiger partial charge is 0.212 e. The van der Waals surface area contributed by atoms with Gasteiger partial charge in [0.2, 0.25) is 5.96 Å². The Morgan fingerprint density at radius 3 is 2.65 bits per heavy atom. The van der Waals surface area contributed by atoms with Crippen molar-refractivity contribution < 1.29 is 0 Å². The van der Waals surface area contributed by atoms with Crippen molar-refractivity contribution in [2.45, 2.75) is 26.8 Å². The molecule has 1 saturated heterocycles. The van der Waals surface area contributed by atoms with Crippen LogP contribution in [0, 0.1) is 24.3 Å². The van der Waals surface area contributed by atoms with Gasteiger partial charge in [-0.1, -0.05) is 45.2 Å². The van der Waals surface area contributed by atoms with E-state index in [4.69, 9.17) is 9.98 Å². The first-order chi connectivity index (χ1) is 15.0. The summed E-state index contributed by atoms with van der Waals surface area (Å²) >= 11 is 0. The molecule has 7 nitrogen and oxygen atoms in total. The number of guanidine groups is 1. The number of aliphatic imine (C=N–C) groups is 1. The minimum Gasteiger partial charge on any atom is -0.351 e. The van der Waals surface area contributed by atoms with E-state index in [1.807, 2.05) is 31.2 Å². The van der Waals surface area contributed by atoms with Crippen molar-refractivity contribution in [2.24, 2.45) is 10.9 Å². The molecule has 1 unspecified atom stereocenters. The SMILES string of the molecule is C=Cc1ncc(N2CCN(C(=Nc3ccccc3C)NC#N)C(C(C)C)C2)nc1C=C. The molecule has 0 radical (unpaired) electrons. The quantitative estimate of drug-likeness (QED) is 0.344. The van der Waals surface area contributed by atoms with Gasteiger partial charge in [-0.05, 0) is 36.6 Å². The Labute approximate surface area is 184 Å². The fourth-order valence-electron chi connectivity index (χ4n) is 3.73. The van der Waals surface area contributed by atoms with E-state index in [-0.39, 0.29) is 6.04 Å². The number of aryl methyl sites for hydroxylation is 1. The van der Waals surface area contributed by atoms with E-state index in [0.29, 0.717) is 18.4 Å². The number of nitrogens with one attached hydrogen (secondary N) is 1. The number of nitrogens with zero attached hydrogens (tertiary/aromatic N) is 6. The first-order valence-electron chi connectivity index (χ1n) is 10.4. The van der Waals surface area contributed by atoms with Crippen LogP contribution in [0.2, 0.25) is 0 Å². The Balaban J connectivity index is 1.90. The van der Waals surface area contributed by atoms with Crippen molar-refractivity contribution in [1.29, 1.82) is 5.26 Å². The summed E-state index contributed by atoms with van der Waals surface area (Å²) in [6.07, 6.45) is 7.23. The molecule has 0 amide bonds. The van der Waals surface area contributed by atoms with Crippen LogP contribution in [0.1, 0.15) is 30.8 Å². The molecule has 2 aromatic rings. The van der Waals surface area contributed by atoms with Gasteiger partial charge in [-0.25, -0.2) is 9.98 Å². The largest absolute Gasteiger partial charge is 0.351 e. The third-order valence-corrected chi connectivity index (χ3v) is 5.50. The van der Waals surface area contributed by atoms with Crippen LogP contribution in [0.3, 0.4) is 0 Å². The molecule has 1 aromatic carbocycles. The molecule has 2 heterocycles. The van der Waals surface area contributed by atoms with Crippen molar-refractivity contribution in [3.05, 3.63) is 60.6 Å². The minimum absolute atomic E-state index is 0.144. The van der Waals surface area contributed by atoms with Gasteiger partial charge in [-0.3, -0.25) is 10.3 Å². The molecule has 1 aromatic heterocycles. The van der Waals surface area contributed by atoms with Gasteiger partial charge >= 0.3 is 0 Å². The number of aromatic nitrogens is 2. The van der Waals surface area contributed by atoms with Crippen LogP contribution in [0.15, 0.2) is 48.6 Å². The fraction of sp³-hybridized carbons (Fsp3) is 0.333. The molecule has 0 spiro atoms. The van der Waals surface area contributed by atoms with Crippen molar-refractivity contribution in [3.63, 3.8) is 0 Å². The first kappa shape index (κ1) is 22.0. The topological polar surface area (TPSA) is 80.4 Å². The summed E-state index contributed by atoms with van der Waals surface area (Å²) < 4.78 is 0. The maximum absolute atomic E-state index is 9.36. The number of hydrogen-bond donors (Lipinski definition) is 1. The number of piperazine rings is 1. The first-order valence-corrected chi connectivity index (χ1v) is 10.4. The number of rotatable bonds is 5. The molecule has 0 saturated carbocycles. The van der Waals surface area contributed by atoms with E-state index >= 15 is 0 Å². The molecular formula is C24H29N7. The number of hydrogen-bond acceptors (Lipinski definition) is 5. The lowest BCUT2D eigenvalue weighted by atomic mass is 9.99. The fourth-order valence-corrected chi connectivity index (χ4v) is 3.73. The second-order valence-corrected chi connectivity index (χ2v) is 7.82. The van der Waals surface area contributed by atoms with E-state index in [0.717, 1.165) is 41.5 Å². The van der Waals surface area contributed by atoms with E-state index in [9.17, 15) is 5.26 Å². The summed E-state index contributed by atoms with van der Waals surface area (Å²) in [5.41, 5.74) is 3.37. The maximum Gasteiger partial charge on any atom is 0.212 e. The highest BCUT2D eigenvalue weighted by atomic mass is 15.4. The molecule has 31 heavy (non-hydrogen) atoms. The van der Waals surface area contributed by atoms with Crippen LogP contribution < -0.4 is 10.2 Å². The van der Waals surface area contributed by atoms with Crippen molar-refractivity contribution in [2.75, 3.05) is 24.5 Å². The monoisotopic (exact) mass is 415 g/mol. The molecule has 1 N–H and O–H groups in total. The van der Waals surface area contributed by atoms with Crippen LogP contribution in [-0.4, -0.2) is 46.5 Å². The van der Waals surface area contributed by atoms with Gasteiger partial charge in [0.15, 0.2) is 6.19 Å². The predicted octanol–water partition coefficient (Wildman–Crippen LogP) is 3.98.